The number of sulfone groups is 1. The van der Waals surface area contributed by atoms with Crippen LogP contribution in [0.5, 0.6) is 5.75 Å². The quantitative estimate of drug-likeness (QED) is 0.704. The SMILES string of the molecule is COc1cccc(CNC(=O)c2ccc(Cl)c(NC3=N[C@H]4CS(=O)(=O)C[C@H]4S3)c2)c1. The number of aliphatic imine (C=N–C) groups is 1. The van der Waals surface area contributed by atoms with Gasteiger partial charge in [0.25, 0.3) is 5.91 Å². The third-order valence-electron chi connectivity index (χ3n) is 4.88. The highest BCUT2D eigenvalue weighted by molar-refractivity contribution is 8.15. The number of amides is 1. The molecule has 0 saturated carbocycles. The van der Waals surface area contributed by atoms with Crippen LogP contribution in [0.15, 0.2) is 47.5 Å². The van der Waals surface area contributed by atoms with Gasteiger partial charge in [0, 0.05) is 17.4 Å². The number of hydrogen-bond acceptors (Lipinski definition) is 7. The van der Waals surface area contributed by atoms with Crippen molar-refractivity contribution in [2.45, 2.75) is 17.8 Å². The fraction of sp³-hybridized carbons (Fsp3) is 0.300. The highest BCUT2D eigenvalue weighted by Gasteiger charge is 2.42. The maximum Gasteiger partial charge on any atom is 0.251 e. The average molecular weight is 466 g/mol. The minimum atomic E-state index is -3.00. The van der Waals surface area contributed by atoms with Gasteiger partial charge in [-0.15, -0.1) is 0 Å². The Bertz CT molecular complexity index is 1120. The van der Waals surface area contributed by atoms with Crippen molar-refractivity contribution < 1.29 is 17.9 Å². The molecule has 2 N–H and O–H groups in total. The van der Waals surface area contributed by atoms with Gasteiger partial charge < -0.3 is 15.4 Å². The van der Waals surface area contributed by atoms with Crippen LogP contribution < -0.4 is 15.4 Å². The van der Waals surface area contributed by atoms with Gasteiger partial charge in [0.2, 0.25) is 0 Å². The molecule has 1 saturated heterocycles. The molecule has 2 aromatic rings. The van der Waals surface area contributed by atoms with E-state index in [9.17, 15) is 13.2 Å². The van der Waals surface area contributed by atoms with Crippen LogP contribution in [0.4, 0.5) is 5.69 Å². The number of fused-ring (bicyclic) bond motifs is 1. The summed E-state index contributed by atoms with van der Waals surface area (Å²) in [5, 5.41) is 7.03. The number of nitrogens with one attached hydrogen (secondary N) is 2. The molecule has 0 bridgehead atoms. The van der Waals surface area contributed by atoms with Crippen LogP contribution in [-0.4, -0.2) is 49.4 Å². The molecule has 7 nitrogen and oxygen atoms in total. The van der Waals surface area contributed by atoms with Crippen molar-refractivity contribution in [3.63, 3.8) is 0 Å². The number of benzene rings is 2. The molecular formula is C20H20ClN3O4S2. The molecule has 30 heavy (non-hydrogen) atoms. The van der Waals surface area contributed by atoms with Gasteiger partial charge in [0.15, 0.2) is 15.0 Å². The first-order valence-electron chi connectivity index (χ1n) is 9.25. The number of amidine groups is 1. The number of carbonyl (C=O) groups excluding carboxylic acids is 1. The standard InChI is InChI=1S/C20H20ClN3O4S2/c1-28-14-4-2-3-12(7-14)9-22-19(25)13-5-6-15(21)16(8-13)23-20-24-17-10-30(26,27)11-18(17)29-20/h2-8,17-18H,9-11H2,1H3,(H,22,25)(H,23,24)/t17-,18+/m0/s1. The van der Waals surface area contributed by atoms with Crippen LogP contribution in [0.2, 0.25) is 5.02 Å². The molecule has 0 aliphatic carbocycles. The molecule has 2 aliphatic rings. The van der Waals surface area contributed by atoms with Gasteiger partial charge in [0.05, 0.1) is 35.4 Å². The summed E-state index contributed by atoms with van der Waals surface area (Å²) in [4.78, 5) is 17.1. The molecule has 2 aromatic carbocycles. The van der Waals surface area contributed by atoms with Gasteiger partial charge in [-0.3, -0.25) is 9.79 Å². The van der Waals surface area contributed by atoms with E-state index in [1.54, 1.807) is 25.3 Å². The molecule has 10 heteroatoms. The first kappa shape index (κ1) is 21.0. The zero-order valence-corrected chi connectivity index (χ0v) is 18.5. The smallest absolute Gasteiger partial charge is 0.251 e. The zero-order valence-electron chi connectivity index (χ0n) is 16.1. The highest BCUT2D eigenvalue weighted by atomic mass is 35.5. The number of carbonyl (C=O) groups is 1. The van der Waals surface area contributed by atoms with Crippen LogP contribution >= 0.6 is 23.4 Å². The first-order chi connectivity index (χ1) is 14.3. The minimum Gasteiger partial charge on any atom is -0.497 e. The zero-order chi connectivity index (χ0) is 21.3. The Morgan fingerprint density at radius 2 is 2.10 bits per heavy atom. The molecule has 2 heterocycles. The molecule has 0 aromatic heterocycles. The lowest BCUT2D eigenvalue weighted by molar-refractivity contribution is 0.0951. The Kier molecular flexibility index (Phi) is 5.95. The summed E-state index contributed by atoms with van der Waals surface area (Å²) in [6.45, 7) is 0.363. The number of hydrogen-bond donors (Lipinski definition) is 2. The molecule has 0 unspecified atom stereocenters. The Morgan fingerprint density at radius 1 is 1.27 bits per heavy atom. The van der Waals surface area contributed by atoms with Crippen LogP contribution in [-0.2, 0) is 16.4 Å². The largest absolute Gasteiger partial charge is 0.497 e. The lowest BCUT2D eigenvalue weighted by Crippen LogP contribution is -2.23. The average Bonchev–Trinajstić information content (AvgIpc) is 3.20. The van der Waals surface area contributed by atoms with Crippen molar-refractivity contribution in [1.82, 2.24) is 5.32 Å². The molecule has 1 fully saturated rings. The van der Waals surface area contributed by atoms with Crippen molar-refractivity contribution in [1.29, 1.82) is 0 Å². The van der Waals surface area contributed by atoms with Gasteiger partial charge in [-0.2, -0.15) is 0 Å². The summed E-state index contributed by atoms with van der Waals surface area (Å²) in [5.74, 6) is 0.710. The fourth-order valence-electron chi connectivity index (χ4n) is 3.36. The van der Waals surface area contributed by atoms with Crippen LogP contribution in [0.25, 0.3) is 0 Å². The number of rotatable bonds is 5. The molecule has 0 spiro atoms. The summed E-state index contributed by atoms with van der Waals surface area (Å²) < 4.78 is 28.6. The predicted octanol–water partition coefficient (Wildman–Crippen LogP) is 2.96. The maximum atomic E-state index is 12.6. The van der Waals surface area contributed by atoms with Crippen LogP contribution in [0, 0.1) is 0 Å². The Labute approximate surface area is 184 Å². The molecule has 2 aliphatic heterocycles. The van der Waals surface area contributed by atoms with Crippen molar-refractivity contribution >= 4 is 50.0 Å². The lowest BCUT2D eigenvalue weighted by atomic mass is 10.1. The van der Waals surface area contributed by atoms with Gasteiger partial charge in [-0.25, -0.2) is 8.42 Å². The molecular weight excluding hydrogens is 446 g/mol. The number of nitrogens with zero attached hydrogens (tertiary/aromatic N) is 1. The number of thioether (sulfide) groups is 1. The summed E-state index contributed by atoms with van der Waals surface area (Å²) in [6.07, 6.45) is 0. The van der Waals surface area contributed by atoms with Gasteiger partial charge in [-0.1, -0.05) is 35.5 Å². The third-order valence-corrected chi connectivity index (χ3v) is 8.35. The monoisotopic (exact) mass is 465 g/mol. The summed E-state index contributed by atoms with van der Waals surface area (Å²) in [6, 6.07) is 12.2. The third kappa shape index (κ3) is 4.74. The van der Waals surface area contributed by atoms with E-state index in [1.807, 2.05) is 24.3 Å². The van der Waals surface area contributed by atoms with Crippen LogP contribution in [0.1, 0.15) is 15.9 Å². The van der Waals surface area contributed by atoms with Crippen molar-refractivity contribution in [2.75, 3.05) is 23.9 Å². The van der Waals surface area contributed by atoms with E-state index in [4.69, 9.17) is 16.3 Å². The van der Waals surface area contributed by atoms with E-state index >= 15 is 0 Å². The fourth-order valence-corrected chi connectivity index (χ4v) is 7.19. The predicted molar refractivity (Wildman–Crippen MR) is 120 cm³/mol. The first-order valence-corrected chi connectivity index (χ1v) is 12.3. The minimum absolute atomic E-state index is 0.0642. The van der Waals surface area contributed by atoms with Gasteiger partial charge >= 0.3 is 0 Å². The number of halogens is 1. The van der Waals surface area contributed by atoms with E-state index in [0.29, 0.717) is 28.0 Å². The Hall–Kier alpha value is -2.23. The van der Waals surface area contributed by atoms with Crippen molar-refractivity contribution in [3.05, 3.63) is 58.6 Å². The topological polar surface area (TPSA) is 96.9 Å². The second-order valence-corrected chi connectivity index (χ2v) is 10.9. The summed E-state index contributed by atoms with van der Waals surface area (Å²) >= 11 is 7.68. The molecule has 0 radical (unpaired) electrons. The number of ether oxygens (including phenoxy) is 1. The Morgan fingerprint density at radius 3 is 2.87 bits per heavy atom. The number of methoxy groups -OCH3 is 1. The summed E-state index contributed by atoms with van der Waals surface area (Å²) in [7, 11) is -1.41. The Balaban J connectivity index is 1.42. The van der Waals surface area contributed by atoms with Crippen LogP contribution in [0.3, 0.4) is 0 Å². The molecule has 4 rings (SSSR count). The van der Waals surface area contributed by atoms with E-state index in [2.05, 4.69) is 15.6 Å². The van der Waals surface area contributed by atoms with E-state index in [1.165, 1.54) is 11.8 Å². The van der Waals surface area contributed by atoms with E-state index in [-0.39, 0.29) is 28.7 Å². The normalized spacial score (nSPS) is 21.6. The van der Waals surface area contributed by atoms with Gasteiger partial charge in [-0.05, 0) is 35.9 Å². The second-order valence-electron chi connectivity index (χ2n) is 7.09. The molecule has 1 amide bonds. The highest BCUT2D eigenvalue weighted by Crippen LogP contribution is 2.35. The van der Waals surface area contributed by atoms with Crippen molar-refractivity contribution in [3.8, 4) is 5.75 Å². The second kappa shape index (κ2) is 8.49. The van der Waals surface area contributed by atoms with Crippen molar-refractivity contribution in [2.24, 2.45) is 4.99 Å². The molecule has 158 valence electrons. The lowest BCUT2D eigenvalue weighted by Gasteiger charge is -2.11. The maximum absolute atomic E-state index is 12.6. The number of anilines is 1. The van der Waals surface area contributed by atoms with E-state index in [0.717, 1.165) is 11.3 Å². The summed E-state index contributed by atoms with van der Waals surface area (Å²) in [5.41, 5.74) is 1.93. The van der Waals surface area contributed by atoms with Gasteiger partial charge in [0.1, 0.15) is 5.75 Å². The molecule has 2 atom stereocenters. The van der Waals surface area contributed by atoms with E-state index < -0.39 is 9.84 Å².